The zero-order valence-corrected chi connectivity index (χ0v) is 12.9. The molecule has 1 amide bonds. The minimum atomic E-state index is -0.867. The molecular weight excluding hydrogens is 322 g/mol. The van der Waals surface area contributed by atoms with E-state index in [0.717, 1.165) is 11.3 Å². The van der Waals surface area contributed by atoms with Crippen molar-refractivity contribution < 1.29 is 24.0 Å². The molecule has 2 rings (SSSR count). The molecule has 0 radical (unpaired) electrons. The Bertz CT molecular complexity index is 828. The lowest BCUT2D eigenvalue weighted by molar-refractivity contribution is -0.112. The number of nitrogens with zero attached hydrogens (tertiary/aromatic N) is 2. The van der Waals surface area contributed by atoms with Gasteiger partial charge in [-0.05, 0) is 18.4 Å². The lowest BCUT2D eigenvalue weighted by Gasteiger charge is -2.06. The van der Waals surface area contributed by atoms with Crippen LogP contribution in [-0.2, 0) is 9.53 Å². The number of aryl methyl sites for hydroxylation is 1. The molecule has 23 heavy (non-hydrogen) atoms. The summed E-state index contributed by atoms with van der Waals surface area (Å²) in [6.07, 6.45) is 1.19. The van der Waals surface area contributed by atoms with Gasteiger partial charge in [0.05, 0.1) is 24.6 Å². The van der Waals surface area contributed by atoms with Crippen LogP contribution in [0.25, 0.3) is 5.76 Å². The molecule has 0 spiro atoms. The third-order valence-corrected chi connectivity index (χ3v) is 3.76. The lowest BCUT2D eigenvalue weighted by atomic mass is 10.1. The Hall–Kier alpha value is -3.12. The molecule has 2 N–H and O–H groups in total. The highest BCUT2D eigenvalue weighted by molar-refractivity contribution is 7.12. The van der Waals surface area contributed by atoms with E-state index < -0.39 is 23.2 Å². The van der Waals surface area contributed by atoms with Gasteiger partial charge in [0.1, 0.15) is 16.7 Å². The van der Waals surface area contributed by atoms with E-state index in [-0.39, 0.29) is 21.9 Å². The zero-order valence-electron chi connectivity index (χ0n) is 12.1. The molecule has 8 nitrogen and oxygen atoms in total. The third kappa shape index (κ3) is 3.22. The van der Waals surface area contributed by atoms with E-state index in [4.69, 9.17) is 9.78 Å². The Labute approximate surface area is 134 Å². The summed E-state index contributed by atoms with van der Waals surface area (Å²) in [6, 6.07) is 3.12. The van der Waals surface area contributed by atoms with Gasteiger partial charge < -0.3 is 19.7 Å². The smallest absolute Gasteiger partial charge is 0.350 e. The predicted octanol–water partition coefficient (Wildman–Crippen LogP) is 2.26. The Morgan fingerprint density at radius 3 is 2.83 bits per heavy atom. The average Bonchev–Trinajstić information content (AvgIpc) is 3.16. The van der Waals surface area contributed by atoms with Gasteiger partial charge in [-0.3, -0.25) is 4.79 Å². The number of aromatic nitrogens is 1. The number of carbonyl (C=O) groups is 2. The largest absolute Gasteiger partial charge is 0.506 e. The Morgan fingerprint density at radius 2 is 2.26 bits per heavy atom. The standard InChI is InChI=1S/C14H11N3O5S/c1-7-9(6-16-22-7)11(18)8(5-15)13(19)17-10-3-4-23-12(10)14(20)21-2/h3-4,6,18H,1-2H3,(H,17,19)/b11-8-. The van der Waals surface area contributed by atoms with E-state index in [1.807, 2.05) is 0 Å². The molecule has 2 aromatic heterocycles. The summed E-state index contributed by atoms with van der Waals surface area (Å²) in [7, 11) is 1.22. The molecule has 0 saturated carbocycles. The van der Waals surface area contributed by atoms with Gasteiger partial charge in [0.25, 0.3) is 5.91 Å². The number of anilines is 1. The summed E-state index contributed by atoms with van der Waals surface area (Å²) in [5, 5.41) is 26.7. The minimum absolute atomic E-state index is 0.134. The molecule has 0 atom stereocenters. The van der Waals surface area contributed by atoms with Crippen molar-refractivity contribution in [2.75, 3.05) is 12.4 Å². The van der Waals surface area contributed by atoms with Gasteiger partial charge in [0.2, 0.25) is 0 Å². The fraction of sp³-hybridized carbons (Fsp3) is 0.143. The summed E-state index contributed by atoms with van der Waals surface area (Å²) in [5.41, 5.74) is -0.206. The van der Waals surface area contributed by atoms with Crippen LogP contribution in [0.1, 0.15) is 21.0 Å². The van der Waals surface area contributed by atoms with Crippen molar-refractivity contribution in [3.8, 4) is 6.07 Å². The van der Waals surface area contributed by atoms with Gasteiger partial charge in [-0.1, -0.05) is 5.16 Å². The molecular formula is C14H11N3O5S. The highest BCUT2D eigenvalue weighted by atomic mass is 32.1. The van der Waals surface area contributed by atoms with Crippen molar-refractivity contribution in [3.05, 3.63) is 39.4 Å². The molecule has 0 saturated heterocycles. The summed E-state index contributed by atoms with van der Waals surface area (Å²) < 4.78 is 9.39. The molecule has 0 fully saturated rings. The van der Waals surface area contributed by atoms with Crippen molar-refractivity contribution in [1.82, 2.24) is 5.16 Å². The maximum absolute atomic E-state index is 12.2. The van der Waals surface area contributed by atoms with Crippen molar-refractivity contribution in [2.24, 2.45) is 0 Å². The van der Waals surface area contributed by atoms with E-state index in [1.54, 1.807) is 11.4 Å². The molecule has 118 valence electrons. The minimum Gasteiger partial charge on any atom is -0.506 e. The monoisotopic (exact) mass is 333 g/mol. The van der Waals surface area contributed by atoms with E-state index in [1.165, 1.54) is 26.3 Å². The summed E-state index contributed by atoms with van der Waals surface area (Å²) in [6.45, 7) is 1.53. The average molecular weight is 333 g/mol. The van der Waals surface area contributed by atoms with Crippen LogP contribution in [0.5, 0.6) is 0 Å². The fourth-order valence-electron chi connectivity index (χ4n) is 1.72. The topological polar surface area (TPSA) is 125 Å². The molecule has 9 heteroatoms. The molecule has 0 unspecified atom stereocenters. The van der Waals surface area contributed by atoms with Crippen molar-refractivity contribution in [1.29, 1.82) is 5.26 Å². The van der Waals surface area contributed by atoms with Crippen LogP contribution in [0.15, 0.2) is 27.7 Å². The number of nitrogens with one attached hydrogen (secondary N) is 1. The number of esters is 1. The number of carbonyl (C=O) groups excluding carboxylic acids is 2. The van der Waals surface area contributed by atoms with Crippen LogP contribution in [-0.4, -0.2) is 29.2 Å². The van der Waals surface area contributed by atoms with Gasteiger partial charge in [0, 0.05) is 0 Å². The third-order valence-electron chi connectivity index (χ3n) is 2.87. The molecule has 0 aliphatic carbocycles. The summed E-state index contributed by atoms with van der Waals surface area (Å²) in [4.78, 5) is 24.0. The number of ether oxygens (including phenoxy) is 1. The second kappa shape index (κ2) is 6.76. The lowest BCUT2D eigenvalue weighted by Crippen LogP contribution is -2.16. The number of hydrogen-bond acceptors (Lipinski definition) is 8. The second-order valence-corrected chi connectivity index (χ2v) is 5.16. The Morgan fingerprint density at radius 1 is 1.52 bits per heavy atom. The predicted molar refractivity (Wildman–Crippen MR) is 80.7 cm³/mol. The summed E-state index contributed by atoms with van der Waals surface area (Å²) in [5.74, 6) is -1.78. The number of nitriles is 1. The van der Waals surface area contributed by atoms with Crippen molar-refractivity contribution >= 4 is 34.7 Å². The molecule has 0 aromatic carbocycles. The second-order valence-electron chi connectivity index (χ2n) is 4.24. The van der Waals surface area contributed by atoms with E-state index in [9.17, 15) is 14.7 Å². The Kier molecular flexibility index (Phi) is 4.78. The van der Waals surface area contributed by atoms with Gasteiger partial charge in [-0.15, -0.1) is 11.3 Å². The van der Waals surface area contributed by atoms with E-state index >= 15 is 0 Å². The first kappa shape index (κ1) is 16.3. The number of aliphatic hydroxyl groups excluding tert-OH is 1. The molecule has 0 aliphatic heterocycles. The maximum atomic E-state index is 12.2. The highest BCUT2D eigenvalue weighted by Gasteiger charge is 2.22. The molecule has 0 aliphatic rings. The van der Waals surface area contributed by atoms with Crippen molar-refractivity contribution in [3.63, 3.8) is 0 Å². The normalized spacial score (nSPS) is 11.3. The number of aliphatic hydroxyl groups is 1. The van der Waals surface area contributed by atoms with Crippen LogP contribution in [0.4, 0.5) is 5.69 Å². The number of hydrogen-bond donors (Lipinski definition) is 2. The van der Waals surface area contributed by atoms with E-state index in [2.05, 4.69) is 15.2 Å². The highest BCUT2D eigenvalue weighted by Crippen LogP contribution is 2.25. The van der Waals surface area contributed by atoms with Gasteiger partial charge in [-0.25, -0.2) is 4.79 Å². The van der Waals surface area contributed by atoms with Crippen LogP contribution in [0, 0.1) is 18.3 Å². The van der Waals surface area contributed by atoms with Crippen LogP contribution >= 0.6 is 11.3 Å². The molecule has 2 aromatic rings. The van der Waals surface area contributed by atoms with E-state index in [0.29, 0.717) is 0 Å². The first-order valence-electron chi connectivity index (χ1n) is 6.21. The van der Waals surface area contributed by atoms with Crippen LogP contribution in [0.2, 0.25) is 0 Å². The van der Waals surface area contributed by atoms with Crippen molar-refractivity contribution in [2.45, 2.75) is 6.92 Å². The fourth-order valence-corrected chi connectivity index (χ4v) is 2.48. The van der Waals surface area contributed by atoms with Gasteiger partial charge in [-0.2, -0.15) is 5.26 Å². The van der Waals surface area contributed by atoms with Gasteiger partial charge in [0.15, 0.2) is 11.3 Å². The maximum Gasteiger partial charge on any atom is 0.350 e. The number of amides is 1. The molecule has 0 bridgehead atoms. The van der Waals surface area contributed by atoms with Gasteiger partial charge >= 0.3 is 5.97 Å². The number of methoxy groups -OCH3 is 1. The quantitative estimate of drug-likeness (QED) is 0.380. The SMILES string of the molecule is COC(=O)c1sccc1NC(=O)/C(C#N)=C(\O)c1cnoc1C. The first-order chi connectivity index (χ1) is 11.0. The van der Waals surface area contributed by atoms with Crippen LogP contribution < -0.4 is 5.32 Å². The number of rotatable bonds is 4. The summed E-state index contributed by atoms with van der Waals surface area (Å²) >= 11 is 1.08. The van der Waals surface area contributed by atoms with Crippen LogP contribution in [0.3, 0.4) is 0 Å². The molecule has 2 heterocycles. The first-order valence-corrected chi connectivity index (χ1v) is 7.09. The Balaban J connectivity index is 2.33. The number of thiophene rings is 1. The zero-order chi connectivity index (χ0) is 17.0.